The Morgan fingerprint density at radius 3 is 2.55 bits per heavy atom. The van der Waals surface area contributed by atoms with Crippen LogP contribution in [0.15, 0.2) is 63.4 Å². The molecule has 0 aliphatic heterocycles. The molecule has 0 bridgehead atoms. The van der Waals surface area contributed by atoms with Crippen molar-refractivity contribution in [2.45, 2.75) is 9.92 Å². The quantitative estimate of drug-likeness (QED) is 0.780. The number of halogens is 1. The van der Waals surface area contributed by atoms with Crippen LogP contribution in [0.3, 0.4) is 0 Å². The van der Waals surface area contributed by atoms with Gasteiger partial charge in [-0.25, -0.2) is 13.1 Å². The van der Waals surface area contributed by atoms with Gasteiger partial charge in [0, 0.05) is 12.3 Å². The first kappa shape index (κ1) is 14.5. The van der Waals surface area contributed by atoms with E-state index in [-0.39, 0.29) is 20.9 Å². The Kier molecular flexibility index (Phi) is 3.55. The molecule has 9 heteroatoms. The van der Waals surface area contributed by atoms with Crippen molar-refractivity contribution >= 4 is 21.4 Å². The van der Waals surface area contributed by atoms with Gasteiger partial charge in [0.2, 0.25) is 21.1 Å². The van der Waals surface area contributed by atoms with Crippen LogP contribution < -0.4 is 5.43 Å². The fraction of sp³-hybridized carbons (Fsp3) is 0. The monoisotopic (exact) mass is 336 g/mol. The number of H-pyrrole nitrogens is 1. The molecule has 0 spiro atoms. The van der Waals surface area contributed by atoms with Crippen molar-refractivity contribution in [1.29, 1.82) is 0 Å². The van der Waals surface area contributed by atoms with Gasteiger partial charge in [0.05, 0.1) is 4.90 Å². The molecule has 1 aromatic carbocycles. The van der Waals surface area contributed by atoms with Gasteiger partial charge in [0.1, 0.15) is 5.15 Å². The van der Waals surface area contributed by atoms with Gasteiger partial charge in [-0.05, 0) is 18.2 Å². The van der Waals surface area contributed by atoms with Gasteiger partial charge in [-0.3, -0.25) is 9.89 Å². The third-order valence-electron chi connectivity index (χ3n) is 2.86. The van der Waals surface area contributed by atoms with Crippen LogP contribution >= 0.6 is 11.6 Å². The lowest BCUT2D eigenvalue weighted by Gasteiger charge is -2.01. The molecular formula is C13H9ClN4O3S. The first-order chi connectivity index (χ1) is 10.5. The molecule has 0 amide bonds. The summed E-state index contributed by atoms with van der Waals surface area (Å²) in [5.41, 5.74) is -0.476. The largest absolute Gasteiger partial charge is 0.286 e. The molecule has 1 N–H and O–H groups in total. The molecule has 0 saturated heterocycles. The Morgan fingerprint density at radius 1 is 1.14 bits per heavy atom. The fourth-order valence-corrected chi connectivity index (χ4v) is 3.16. The number of aromatic amines is 1. The van der Waals surface area contributed by atoms with Crippen LogP contribution in [0.2, 0.25) is 5.15 Å². The Bertz CT molecular complexity index is 980. The molecule has 3 rings (SSSR count). The standard InChI is InChI=1S/C13H9ClN4O3S/c14-11-8-10(19)13(16-15-11)18-7-6-12(17-18)22(20,21)9-4-2-1-3-5-9/h1-8H,(H,15,19). The van der Waals surface area contributed by atoms with Crippen LogP contribution in [0.25, 0.3) is 5.82 Å². The molecule has 0 aliphatic carbocycles. The minimum Gasteiger partial charge on any atom is -0.286 e. The van der Waals surface area contributed by atoms with E-state index in [1.165, 1.54) is 24.4 Å². The number of hydrogen-bond acceptors (Lipinski definition) is 5. The molecule has 7 nitrogen and oxygen atoms in total. The summed E-state index contributed by atoms with van der Waals surface area (Å²) in [4.78, 5) is 11.9. The zero-order valence-electron chi connectivity index (χ0n) is 11.0. The highest BCUT2D eigenvalue weighted by Crippen LogP contribution is 2.18. The van der Waals surface area contributed by atoms with Crippen molar-refractivity contribution in [3.05, 3.63) is 64.0 Å². The highest BCUT2D eigenvalue weighted by molar-refractivity contribution is 7.91. The number of sulfone groups is 1. The summed E-state index contributed by atoms with van der Waals surface area (Å²) < 4.78 is 25.9. The Morgan fingerprint density at radius 2 is 1.86 bits per heavy atom. The second-order valence-corrected chi connectivity index (χ2v) is 6.62. The van der Waals surface area contributed by atoms with Gasteiger partial charge in [-0.15, -0.1) is 0 Å². The van der Waals surface area contributed by atoms with E-state index in [0.717, 1.165) is 10.7 Å². The molecule has 112 valence electrons. The molecule has 0 aliphatic rings. The highest BCUT2D eigenvalue weighted by atomic mass is 35.5. The van der Waals surface area contributed by atoms with Crippen LogP contribution in [-0.2, 0) is 9.84 Å². The van der Waals surface area contributed by atoms with Crippen molar-refractivity contribution in [2.75, 3.05) is 0 Å². The molecule has 0 atom stereocenters. The van der Waals surface area contributed by atoms with Crippen molar-refractivity contribution < 1.29 is 8.42 Å². The summed E-state index contributed by atoms with van der Waals surface area (Å²) in [5.74, 6) is -0.0705. The lowest BCUT2D eigenvalue weighted by Crippen LogP contribution is -2.15. The Balaban J connectivity index is 2.06. The number of nitrogens with zero attached hydrogens (tertiary/aromatic N) is 3. The number of benzene rings is 1. The molecule has 0 radical (unpaired) electrons. The summed E-state index contributed by atoms with van der Waals surface area (Å²) in [7, 11) is -3.75. The van der Waals surface area contributed by atoms with Crippen LogP contribution in [0.1, 0.15) is 0 Å². The second kappa shape index (κ2) is 5.39. The van der Waals surface area contributed by atoms with Gasteiger partial charge in [0.25, 0.3) is 0 Å². The third kappa shape index (κ3) is 2.53. The normalized spacial score (nSPS) is 11.5. The van der Waals surface area contributed by atoms with Crippen molar-refractivity contribution in [1.82, 2.24) is 20.0 Å². The van der Waals surface area contributed by atoms with Gasteiger partial charge in [0.15, 0.2) is 5.03 Å². The average molecular weight is 337 g/mol. The summed E-state index contributed by atoms with van der Waals surface area (Å²) in [6, 6.07) is 10.3. The number of nitrogens with one attached hydrogen (secondary N) is 1. The van der Waals surface area contributed by atoms with E-state index < -0.39 is 15.3 Å². The lowest BCUT2D eigenvalue weighted by molar-refractivity contribution is 0.590. The average Bonchev–Trinajstić information content (AvgIpc) is 2.98. The Hall–Kier alpha value is -2.45. The summed E-state index contributed by atoms with van der Waals surface area (Å²) in [6.45, 7) is 0. The summed E-state index contributed by atoms with van der Waals surface area (Å²) in [6.07, 6.45) is 1.35. The molecule has 2 aromatic heterocycles. The molecule has 3 aromatic rings. The summed E-state index contributed by atoms with van der Waals surface area (Å²) in [5, 5.41) is 10.0. The zero-order valence-corrected chi connectivity index (χ0v) is 12.5. The fourth-order valence-electron chi connectivity index (χ4n) is 1.83. The number of rotatable bonds is 3. The highest BCUT2D eigenvalue weighted by Gasteiger charge is 2.21. The second-order valence-electron chi connectivity index (χ2n) is 4.32. The predicted molar refractivity (Wildman–Crippen MR) is 78.9 cm³/mol. The predicted octanol–water partition coefficient (Wildman–Crippen LogP) is 1.44. The van der Waals surface area contributed by atoms with Crippen molar-refractivity contribution in [3.8, 4) is 5.82 Å². The first-order valence-electron chi connectivity index (χ1n) is 6.10. The minimum atomic E-state index is -3.75. The molecule has 0 saturated carbocycles. The van der Waals surface area contributed by atoms with Gasteiger partial charge < -0.3 is 0 Å². The van der Waals surface area contributed by atoms with Crippen molar-refractivity contribution in [2.24, 2.45) is 0 Å². The SMILES string of the molecule is O=c1cc(Cl)[nH]nc1-n1ccc(S(=O)(=O)c2ccccc2)n1. The van der Waals surface area contributed by atoms with Crippen LogP contribution in [0, 0.1) is 0 Å². The maximum Gasteiger partial charge on any atom is 0.227 e. The van der Waals surface area contributed by atoms with E-state index in [2.05, 4.69) is 15.3 Å². The topological polar surface area (TPSA) is 97.7 Å². The maximum absolute atomic E-state index is 12.4. The first-order valence-corrected chi connectivity index (χ1v) is 7.96. The van der Waals surface area contributed by atoms with E-state index in [4.69, 9.17) is 11.6 Å². The third-order valence-corrected chi connectivity index (χ3v) is 4.71. The molecule has 0 unspecified atom stereocenters. The molecule has 2 heterocycles. The molecule has 0 fully saturated rings. The van der Waals surface area contributed by atoms with E-state index in [1.54, 1.807) is 18.2 Å². The molecule has 22 heavy (non-hydrogen) atoms. The van der Waals surface area contributed by atoms with Crippen LogP contribution in [0.5, 0.6) is 0 Å². The van der Waals surface area contributed by atoms with E-state index in [9.17, 15) is 13.2 Å². The number of hydrogen-bond donors (Lipinski definition) is 1. The van der Waals surface area contributed by atoms with Crippen LogP contribution in [-0.4, -0.2) is 28.4 Å². The van der Waals surface area contributed by atoms with E-state index in [1.807, 2.05) is 0 Å². The van der Waals surface area contributed by atoms with E-state index >= 15 is 0 Å². The van der Waals surface area contributed by atoms with Crippen molar-refractivity contribution in [3.63, 3.8) is 0 Å². The zero-order chi connectivity index (χ0) is 15.7. The van der Waals surface area contributed by atoms with E-state index in [0.29, 0.717) is 0 Å². The summed E-state index contributed by atoms with van der Waals surface area (Å²) >= 11 is 5.62. The number of aromatic nitrogens is 4. The van der Waals surface area contributed by atoms with Gasteiger partial charge in [-0.1, -0.05) is 29.8 Å². The maximum atomic E-state index is 12.4. The Labute approximate surface area is 130 Å². The van der Waals surface area contributed by atoms with Gasteiger partial charge >= 0.3 is 0 Å². The van der Waals surface area contributed by atoms with Crippen LogP contribution in [0.4, 0.5) is 0 Å². The molecular weight excluding hydrogens is 328 g/mol. The minimum absolute atomic E-state index is 0.0705. The lowest BCUT2D eigenvalue weighted by atomic mass is 10.4. The van der Waals surface area contributed by atoms with Gasteiger partial charge in [-0.2, -0.15) is 10.2 Å². The smallest absolute Gasteiger partial charge is 0.227 e.